The Morgan fingerprint density at radius 1 is 1.12 bits per heavy atom. The molecule has 0 amide bonds. The highest BCUT2D eigenvalue weighted by Crippen LogP contribution is 2.50. The van der Waals surface area contributed by atoms with Gasteiger partial charge in [0, 0.05) is 50.5 Å². The summed E-state index contributed by atoms with van der Waals surface area (Å²) < 4.78 is 0. The fraction of sp³-hybridized carbons (Fsp3) is 0.387. The van der Waals surface area contributed by atoms with Crippen LogP contribution in [0.2, 0.25) is 0 Å². The van der Waals surface area contributed by atoms with Gasteiger partial charge in [-0.15, -0.1) is 0 Å². The molecule has 0 saturated carbocycles. The van der Waals surface area contributed by atoms with E-state index in [9.17, 15) is 4.79 Å². The number of fused-ring (bicyclic) bond motifs is 2. The molecule has 2 aromatic heterocycles. The second-order valence-electron chi connectivity index (χ2n) is 11.6. The number of likely N-dealkylation sites (N-methyl/N-ethyl adjacent to an activating group) is 2. The number of hydrogen-bond donors (Lipinski definition) is 3. The van der Waals surface area contributed by atoms with Crippen molar-refractivity contribution >= 4 is 28.2 Å². The highest BCUT2D eigenvalue weighted by Gasteiger charge is 2.46. The van der Waals surface area contributed by atoms with Crippen LogP contribution in [0.25, 0.3) is 16.6 Å². The maximum Gasteiger partial charge on any atom is 0.264 e. The molecular formula is C31H38N8O. The van der Waals surface area contributed by atoms with Crippen LogP contribution < -0.4 is 21.1 Å². The average Bonchev–Trinajstić information content (AvgIpc) is 3.51. The minimum atomic E-state index is -0.214. The lowest BCUT2D eigenvalue weighted by Crippen LogP contribution is -2.45. The number of hydrogen-bond acceptors (Lipinski definition) is 7. The molecule has 9 nitrogen and oxygen atoms in total. The summed E-state index contributed by atoms with van der Waals surface area (Å²) in [7, 11) is 6.21. The minimum Gasteiger partial charge on any atom is -0.373 e. The molecule has 1 saturated heterocycles. The fourth-order valence-corrected chi connectivity index (χ4v) is 6.31. The van der Waals surface area contributed by atoms with Gasteiger partial charge >= 0.3 is 0 Å². The zero-order chi connectivity index (χ0) is 28.0. The Balaban J connectivity index is 1.20. The van der Waals surface area contributed by atoms with E-state index >= 15 is 0 Å². The zero-order valence-electron chi connectivity index (χ0n) is 23.6. The van der Waals surface area contributed by atoms with Crippen LogP contribution in [0.15, 0.2) is 59.9 Å². The van der Waals surface area contributed by atoms with Crippen LogP contribution in [0, 0.1) is 5.41 Å². The summed E-state index contributed by atoms with van der Waals surface area (Å²) in [5.74, 6) is 0.560. The molecule has 0 unspecified atom stereocenters. The first-order valence-corrected chi connectivity index (χ1v) is 14.0. The minimum absolute atomic E-state index is 0.0477. The Bertz CT molecular complexity index is 1610. The third-order valence-corrected chi connectivity index (χ3v) is 8.88. The van der Waals surface area contributed by atoms with Crippen LogP contribution in [-0.4, -0.2) is 72.4 Å². The Hall–Kier alpha value is -3.95. The van der Waals surface area contributed by atoms with Crippen molar-refractivity contribution in [2.45, 2.75) is 25.3 Å². The van der Waals surface area contributed by atoms with Gasteiger partial charge in [0.25, 0.3) is 5.56 Å². The topological polar surface area (TPSA) is 110 Å². The Morgan fingerprint density at radius 3 is 2.65 bits per heavy atom. The van der Waals surface area contributed by atoms with E-state index in [2.05, 4.69) is 94.0 Å². The van der Waals surface area contributed by atoms with E-state index in [1.807, 2.05) is 12.1 Å². The van der Waals surface area contributed by atoms with Crippen molar-refractivity contribution in [2.24, 2.45) is 11.1 Å². The first-order valence-electron chi connectivity index (χ1n) is 14.0. The number of aromatic nitrogens is 4. The molecule has 2 aliphatic rings. The fourth-order valence-electron chi connectivity index (χ4n) is 6.31. The molecule has 4 N–H and O–H groups in total. The maximum absolute atomic E-state index is 13.4. The third kappa shape index (κ3) is 4.59. The van der Waals surface area contributed by atoms with E-state index in [1.54, 1.807) is 0 Å². The Morgan fingerprint density at radius 2 is 1.90 bits per heavy atom. The summed E-state index contributed by atoms with van der Waals surface area (Å²) >= 11 is 0. The molecule has 1 aliphatic carbocycles. The summed E-state index contributed by atoms with van der Waals surface area (Å²) in [6.45, 7) is 7.74. The van der Waals surface area contributed by atoms with E-state index in [0.717, 1.165) is 56.7 Å². The molecule has 0 bridgehead atoms. The predicted octanol–water partition coefficient (Wildman–Crippen LogP) is 3.55. The molecule has 1 spiro atoms. The lowest BCUT2D eigenvalue weighted by atomic mass is 9.73. The molecule has 4 aromatic rings. The van der Waals surface area contributed by atoms with Crippen molar-refractivity contribution in [3.8, 4) is 0 Å². The van der Waals surface area contributed by atoms with Gasteiger partial charge in [0.05, 0.1) is 5.69 Å². The van der Waals surface area contributed by atoms with E-state index in [-0.39, 0.29) is 17.0 Å². The van der Waals surface area contributed by atoms with Gasteiger partial charge in [-0.25, -0.2) is 0 Å². The molecular weight excluding hydrogens is 500 g/mol. The second kappa shape index (κ2) is 10.2. The van der Waals surface area contributed by atoms with Crippen molar-refractivity contribution in [3.63, 3.8) is 0 Å². The number of nitrogens with one attached hydrogen (secondary N) is 2. The number of aromatic amines is 2. The van der Waals surface area contributed by atoms with Crippen LogP contribution in [0.1, 0.15) is 41.3 Å². The zero-order valence-corrected chi connectivity index (χ0v) is 23.6. The normalized spacial score (nSPS) is 18.0. The maximum atomic E-state index is 13.4. The predicted molar refractivity (Wildman–Crippen MR) is 162 cm³/mol. The Labute approximate surface area is 234 Å². The standard InChI is InChI=1S/C31H38N8O/c1-20(21-9-7-10-23(18-21)38(4)17-16-37(2)3)26-25-28(36-35-26)33-30(34-29(25)40)39-14-12-31(13-15-39)19-22-8-5-6-11-24(22)27(31)32/h5-11,18,27H,1,12-17,19,32H2,2-4H3,(H2,33,34,35,36,40)/t27-/m1/s1. The molecule has 40 heavy (non-hydrogen) atoms. The second-order valence-corrected chi connectivity index (χ2v) is 11.6. The molecule has 1 aliphatic heterocycles. The summed E-state index contributed by atoms with van der Waals surface area (Å²) in [5, 5.41) is 7.89. The van der Waals surface area contributed by atoms with Crippen molar-refractivity contribution in [3.05, 3.63) is 87.8 Å². The molecule has 9 heteroatoms. The van der Waals surface area contributed by atoms with Crippen molar-refractivity contribution in [2.75, 3.05) is 57.1 Å². The lowest BCUT2D eigenvalue weighted by molar-refractivity contribution is 0.187. The number of rotatable bonds is 7. The van der Waals surface area contributed by atoms with Gasteiger partial charge in [-0.3, -0.25) is 14.9 Å². The van der Waals surface area contributed by atoms with Crippen molar-refractivity contribution in [1.29, 1.82) is 0 Å². The van der Waals surface area contributed by atoms with Gasteiger partial charge in [0.1, 0.15) is 5.39 Å². The van der Waals surface area contributed by atoms with Gasteiger partial charge < -0.3 is 20.4 Å². The molecule has 3 heterocycles. The summed E-state index contributed by atoms with van der Waals surface area (Å²) in [5.41, 5.74) is 13.0. The SMILES string of the molecule is C=C(c1cccc(N(C)CCN(C)C)c1)c1[nH]nc2nc(N3CCC4(CC3)Cc3ccccc3[C@H]4N)[nH]c(=O)c12. The number of benzene rings is 2. The summed E-state index contributed by atoms with van der Waals surface area (Å²) in [6.07, 6.45) is 2.91. The van der Waals surface area contributed by atoms with E-state index in [4.69, 9.17) is 10.7 Å². The Kier molecular flexibility index (Phi) is 6.72. The highest BCUT2D eigenvalue weighted by molar-refractivity contribution is 5.92. The number of nitrogens with zero attached hydrogens (tertiary/aromatic N) is 5. The first-order chi connectivity index (χ1) is 19.3. The molecule has 1 fully saturated rings. The van der Waals surface area contributed by atoms with Gasteiger partial charge in [0.15, 0.2) is 5.65 Å². The van der Waals surface area contributed by atoms with Gasteiger partial charge in [-0.2, -0.15) is 10.1 Å². The third-order valence-electron chi connectivity index (χ3n) is 8.88. The van der Waals surface area contributed by atoms with Crippen molar-refractivity contribution < 1.29 is 0 Å². The number of piperidine rings is 1. The van der Waals surface area contributed by atoms with E-state index in [1.165, 1.54) is 11.1 Å². The average molecular weight is 539 g/mol. The van der Waals surface area contributed by atoms with Gasteiger partial charge in [0.2, 0.25) is 5.95 Å². The van der Waals surface area contributed by atoms with E-state index in [0.29, 0.717) is 28.2 Å². The number of H-pyrrole nitrogens is 2. The smallest absolute Gasteiger partial charge is 0.264 e. The monoisotopic (exact) mass is 538 g/mol. The molecule has 0 radical (unpaired) electrons. The van der Waals surface area contributed by atoms with Crippen LogP contribution in [0.4, 0.5) is 11.6 Å². The van der Waals surface area contributed by atoms with Crippen LogP contribution in [0.3, 0.4) is 0 Å². The van der Waals surface area contributed by atoms with Crippen LogP contribution >= 0.6 is 0 Å². The quantitative estimate of drug-likeness (QED) is 0.330. The highest BCUT2D eigenvalue weighted by atomic mass is 16.1. The first kappa shape index (κ1) is 26.3. The lowest BCUT2D eigenvalue weighted by Gasteiger charge is -2.42. The van der Waals surface area contributed by atoms with Crippen molar-refractivity contribution in [1.82, 2.24) is 25.1 Å². The van der Waals surface area contributed by atoms with Crippen LogP contribution in [-0.2, 0) is 6.42 Å². The van der Waals surface area contributed by atoms with Crippen LogP contribution in [0.5, 0.6) is 0 Å². The number of anilines is 2. The molecule has 208 valence electrons. The molecule has 1 atom stereocenters. The molecule has 6 rings (SSSR count). The number of nitrogens with two attached hydrogens (primary N) is 1. The molecule has 2 aromatic carbocycles. The van der Waals surface area contributed by atoms with Gasteiger partial charge in [-0.05, 0) is 67.6 Å². The van der Waals surface area contributed by atoms with Gasteiger partial charge in [-0.1, -0.05) is 43.0 Å². The van der Waals surface area contributed by atoms with E-state index < -0.39 is 0 Å². The summed E-state index contributed by atoms with van der Waals surface area (Å²) in [4.78, 5) is 27.7. The largest absolute Gasteiger partial charge is 0.373 e. The summed E-state index contributed by atoms with van der Waals surface area (Å²) in [6, 6.07) is 16.8.